The van der Waals surface area contributed by atoms with Crippen LogP contribution in [0.2, 0.25) is 0 Å². The summed E-state index contributed by atoms with van der Waals surface area (Å²) in [7, 11) is 0. The molecule has 3 nitrogen and oxygen atoms in total. The summed E-state index contributed by atoms with van der Waals surface area (Å²) in [6.07, 6.45) is 3.44. The first-order valence-corrected chi connectivity index (χ1v) is 4.69. The van der Waals surface area contributed by atoms with Crippen molar-refractivity contribution in [2.45, 2.75) is 26.2 Å². The topological polar surface area (TPSA) is 46.3 Å². The lowest BCUT2D eigenvalue weighted by Crippen LogP contribution is -2.25. The number of amides is 1. The zero-order valence-electron chi connectivity index (χ0n) is 7.75. The molecule has 0 radical (unpaired) electrons. The molecule has 0 bridgehead atoms. The highest BCUT2D eigenvalue weighted by Crippen LogP contribution is 2.20. The molecular formula is C9H18N2O. The predicted molar refractivity (Wildman–Crippen MR) is 48.6 cm³/mol. The van der Waals surface area contributed by atoms with Gasteiger partial charge in [0.25, 0.3) is 0 Å². The Hall–Kier alpha value is -0.570. The van der Waals surface area contributed by atoms with Crippen LogP contribution < -0.4 is 5.73 Å². The Morgan fingerprint density at radius 1 is 1.67 bits per heavy atom. The summed E-state index contributed by atoms with van der Waals surface area (Å²) < 4.78 is 0. The Morgan fingerprint density at radius 3 is 2.92 bits per heavy atom. The number of hydrogen-bond donors (Lipinski definition) is 1. The van der Waals surface area contributed by atoms with E-state index in [1.54, 1.807) is 6.92 Å². The highest BCUT2D eigenvalue weighted by Gasteiger charge is 2.22. The maximum Gasteiger partial charge on any atom is 0.219 e. The van der Waals surface area contributed by atoms with Gasteiger partial charge in [-0.05, 0) is 31.7 Å². The van der Waals surface area contributed by atoms with Crippen molar-refractivity contribution in [2.75, 3.05) is 19.6 Å². The Kier molecular flexibility index (Phi) is 3.53. The van der Waals surface area contributed by atoms with Gasteiger partial charge in [0.1, 0.15) is 0 Å². The van der Waals surface area contributed by atoms with Crippen molar-refractivity contribution in [2.24, 2.45) is 11.7 Å². The van der Waals surface area contributed by atoms with Crippen LogP contribution in [-0.2, 0) is 4.79 Å². The normalized spacial score (nSPS) is 23.2. The zero-order chi connectivity index (χ0) is 8.97. The van der Waals surface area contributed by atoms with E-state index in [1.807, 2.05) is 4.90 Å². The van der Waals surface area contributed by atoms with Crippen molar-refractivity contribution in [3.8, 4) is 0 Å². The number of nitrogens with zero attached hydrogens (tertiary/aromatic N) is 1. The highest BCUT2D eigenvalue weighted by atomic mass is 16.2. The zero-order valence-corrected chi connectivity index (χ0v) is 7.75. The number of likely N-dealkylation sites (tertiary alicyclic amines) is 1. The molecular weight excluding hydrogens is 152 g/mol. The fraction of sp³-hybridized carbons (Fsp3) is 0.889. The molecule has 1 unspecified atom stereocenters. The van der Waals surface area contributed by atoms with E-state index in [4.69, 9.17) is 5.73 Å². The van der Waals surface area contributed by atoms with E-state index >= 15 is 0 Å². The van der Waals surface area contributed by atoms with Crippen LogP contribution in [0.25, 0.3) is 0 Å². The molecule has 12 heavy (non-hydrogen) atoms. The minimum absolute atomic E-state index is 0.213. The van der Waals surface area contributed by atoms with Gasteiger partial charge in [-0.3, -0.25) is 4.79 Å². The van der Waals surface area contributed by atoms with Crippen LogP contribution in [0.15, 0.2) is 0 Å². The van der Waals surface area contributed by atoms with E-state index in [-0.39, 0.29) is 5.91 Å². The minimum Gasteiger partial charge on any atom is -0.343 e. The Balaban J connectivity index is 2.21. The van der Waals surface area contributed by atoms with Gasteiger partial charge in [0, 0.05) is 20.0 Å². The highest BCUT2D eigenvalue weighted by molar-refractivity contribution is 5.73. The van der Waals surface area contributed by atoms with Crippen molar-refractivity contribution < 1.29 is 4.79 Å². The van der Waals surface area contributed by atoms with Gasteiger partial charge >= 0.3 is 0 Å². The summed E-state index contributed by atoms with van der Waals surface area (Å²) in [6, 6.07) is 0. The van der Waals surface area contributed by atoms with E-state index < -0.39 is 0 Å². The van der Waals surface area contributed by atoms with Gasteiger partial charge < -0.3 is 10.6 Å². The monoisotopic (exact) mass is 170 g/mol. The van der Waals surface area contributed by atoms with Crippen molar-refractivity contribution in [1.29, 1.82) is 0 Å². The van der Waals surface area contributed by atoms with E-state index in [0.717, 1.165) is 26.1 Å². The molecule has 0 aromatic heterocycles. The van der Waals surface area contributed by atoms with Gasteiger partial charge in [0.2, 0.25) is 5.91 Å². The third-order valence-corrected chi connectivity index (χ3v) is 2.55. The largest absolute Gasteiger partial charge is 0.343 e. The molecule has 0 aliphatic carbocycles. The molecule has 1 aliphatic rings. The number of carbonyl (C=O) groups excluding carboxylic acids is 1. The van der Waals surface area contributed by atoms with Gasteiger partial charge in [-0.2, -0.15) is 0 Å². The first-order chi connectivity index (χ1) is 5.74. The number of carbonyl (C=O) groups is 1. The summed E-state index contributed by atoms with van der Waals surface area (Å²) in [6.45, 7) is 4.32. The van der Waals surface area contributed by atoms with Crippen LogP contribution in [0.4, 0.5) is 0 Å². The number of nitrogens with two attached hydrogens (primary N) is 1. The molecule has 1 amide bonds. The molecule has 1 saturated heterocycles. The lowest BCUT2D eigenvalue weighted by Gasteiger charge is -2.13. The van der Waals surface area contributed by atoms with Crippen LogP contribution >= 0.6 is 0 Å². The van der Waals surface area contributed by atoms with Gasteiger partial charge in [-0.1, -0.05) is 0 Å². The average Bonchev–Trinajstić information content (AvgIpc) is 2.48. The third kappa shape index (κ3) is 2.48. The summed E-state index contributed by atoms with van der Waals surface area (Å²) in [5.74, 6) is 0.919. The first-order valence-electron chi connectivity index (χ1n) is 4.69. The number of hydrogen-bond acceptors (Lipinski definition) is 2. The molecule has 0 spiro atoms. The van der Waals surface area contributed by atoms with Gasteiger partial charge in [0.15, 0.2) is 0 Å². The molecule has 1 aliphatic heterocycles. The van der Waals surface area contributed by atoms with Gasteiger partial charge in [-0.25, -0.2) is 0 Å². The van der Waals surface area contributed by atoms with Crippen molar-refractivity contribution >= 4 is 5.91 Å². The van der Waals surface area contributed by atoms with E-state index in [9.17, 15) is 4.79 Å². The maximum absolute atomic E-state index is 11.0. The summed E-state index contributed by atoms with van der Waals surface area (Å²) in [4.78, 5) is 12.9. The quantitative estimate of drug-likeness (QED) is 0.674. The summed E-state index contributed by atoms with van der Waals surface area (Å²) in [5, 5.41) is 0. The lowest BCUT2D eigenvalue weighted by molar-refractivity contribution is -0.127. The van der Waals surface area contributed by atoms with Crippen LogP contribution in [0.1, 0.15) is 26.2 Å². The second kappa shape index (κ2) is 4.45. The fourth-order valence-corrected chi connectivity index (χ4v) is 1.76. The number of rotatable bonds is 3. The lowest BCUT2D eigenvalue weighted by atomic mass is 10.0. The van der Waals surface area contributed by atoms with Gasteiger partial charge in [-0.15, -0.1) is 0 Å². The Morgan fingerprint density at radius 2 is 2.42 bits per heavy atom. The fourth-order valence-electron chi connectivity index (χ4n) is 1.76. The van der Waals surface area contributed by atoms with E-state index in [2.05, 4.69) is 0 Å². The van der Waals surface area contributed by atoms with Crippen LogP contribution in [0, 0.1) is 5.92 Å². The Bertz CT molecular complexity index is 159. The summed E-state index contributed by atoms with van der Waals surface area (Å²) >= 11 is 0. The molecule has 2 N–H and O–H groups in total. The molecule has 3 heteroatoms. The van der Waals surface area contributed by atoms with Crippen molar-refractivity contribution in [3.63, 3.8) is 0 Å². The molecule has 1 rings (SSSR count). The standard InChI is InChI=1S/C9H18N2O/c1-8(12)11-6-4-9(7-11)3-2-5-10/h9H,2-7,10H2,1H3. The molecule has 0 saturated carbocycles. The predicted octanol–water partition coefficient (Wildman–Crippen LogP) is 0.594. The molecule has 1 atom stereocenters. The molecule has 70 valence electrons. The van der Waals surface area contributed by atoms with Crippen molar-refractivity contribution in [3.05, 3.63) is 0 Å². The molecule has 1 heterocycles. The van der Waals surface area contributed by atoms with Crippen LogP contribution in [0.5, 0.6) is 0 Å². The van der Waals surface area contributed by atoms with E-state index in [0.29, 0.717) is 5.92 Å². The van der Waals surface area contributed by atoms with Crippen LogP contribution in [-0.4, -0.2) is 30.4 Å². The summed E-state index contributed by atoms with van der Waals surface area (Å²) in [5.41, 5.74) is 5.42. The SMILES string of the molecule is CC(=O)N1CCC(CCCN)C1. The molecule has 1 fully saturated rings. The van der Waals surface area contributed by atoms with Gasteiger partial charge in [0.05, 0.1) is 0 Å². The second-order valence-electron chi connectivity index (χ2n) is 3.55. The molecule has 0 aromatic rings. The third-order valence-electron chi connectivity index (χ3n) is 2.55. The smallest absolute Gasteiger partial charge is 0.219 e. The maximum atomic E-state index is 11.0. The second-order valence-corrected chi connectivity index (χ2v) is 3.55. The average molecular weight is 170 g/mol. The molecule has 0 aromatic carbocycles. The van der Waals surface area contributed by atoms with Crippen molar-refractivity contribution in [1.82, 2.24) is 4.90 Å². The Labute approximate surface area is 73.9 Å². The van der Waals surface area contributed by atoms with Crippen LogP contribution in [0.3, 0.4) is 0 Å². The van der Waals surface area contributed by atoms with E-state index in [1.165, 1.54) is 12.8 Å². The minimum atomic E-state index is 0.213. The first kappa shape index (κ1) is 9.52.